The van der Waals surface area contributed by atoms with E-state index in [-0.39, 0.29) is 5.25 Å². The molecule has 4 rings (SSSR count). The van der Waals surface area contributed by atoms with Crippen LogP contribution in [0, 0.1) is 13.8 Å². The Kier molecular flexibility index (Phi) is 3.96. The van der Waals surface area contributed by atoms with Crippen LogP contribution in [0.4, 0.5) is 0 Å². The molecule has 7 nitrogen and oxygen atoms in total. The molecule has 0 bridgehead atoms. The van der Waals surface area contributed by atoms with Crippen LogP contribution in [0.15, 0.2) is 46.1 Å². The largest absolute Gasteiger partial charge is 0.338 e. The minimum absolute atomic E-state index is 0.0573. The number of nitrogens with zero attached hydrogens (tertiary/aromatic N) is 6. The van der Waals surface area contributed by atoms with Gasteiger partial charge in [-0.15, -0.1) is 10.2 Å². The van der Waals surface area contributed by atoms with Gasteiger partial charge in [-0.25, -0.2) is 4.98 Å². The highest BCUT2D eigenvalue weighted by molar-refractivity contribution is 7.99. The first kappa shape index (κ1) is 15.8. The van der Waals surface area contributed by atoms with Gasteiger partial charge in [0.1, 0.15) is 5.82 Å². The summed E-state index contributed by atoms with van der Waals surface area (Å²) in [4.78, 5) is 8.98. The van der Waals surface area contributed by atoms with Crippen molar-refractivity contribution in [3.8, 4) is 11.4 Å². The molecule has 4 aromatic rings. The summed E-state index contributed by atoms with van der Waals surface area (Å²) >= 11 is 1.51. The van der Waals surface area contributed by atoms with Crippen LogP contribution >= 0.6 is 11.8 Å². The molecule has 0 saturated heterocycles. The summed E-state index contributed by atoms with van der Waals surface area (Å²) in [5.74, 6) is 1.99. The molecule has 25 heavy (non-hydrogen) atoms. The summed E-state index contributed by atoms with van der Waals surface area (Å²) in [7, 11) is 0. The van der Waals surface area contributed by atoms with Gasteiger partial charge in [0, 0.05) is 17.3 Å². The molecule has 0 unspecified atom stereocenters. The Bertz CT molecular complexity index is 1030. The molecule has 126 valence electrons. The van der Waals surface area contributed by atoms with E-state index in [0.29, 0.717) is 11.7 Å². The number of aromatic nitrogens is 6. The highest BCUT2D eigenvalue weighted by atomic mass is 32.2. The van der Waals surface area contributed by atoms with Crippen LogP contribution in [-0.2, 0) is 0 Å². The van der Waals surface area contributed by atoms with Crippen LogP contribution in [0.1, 0.15) is 29.6 Å². The average Bonchev–Trinajstić information content (AvgIpc) is 3.23. The second kappa shape index (κ2) is 6.29. The first-order valence-electron chi connectivity index (χ1n) is 7.87. The van der Waals surface area contributed by atoms with Crippen molar-refractivity contribution in [3.05, 3.63) is 53.8 Å². The van der Waals surface area contributed by atoms with E-state index in [2.05, 4.69) is 25.3 Å². The molecule has 1 aromatic carbocycles. The van der Waals surface area contributed by atoms with Gasteiger partial charge in [-0.05, 0) is 20.8 Å². The summed E-state index contributed by atoms with van der Waals surface area (Å²) in [5.41, 5.74) is 2.64. The maximum atomic E-state index is 5.44. The second-order valence-corrected chi connectivity index (χ2v) is 7.01. The summed E-state index contributed by atoms with van der Waals surface area (Å²) in [6.07, 6.45) is 0. The van der Waals surface area contributed by atoms with E-state index in [1.807, 2.05) is 61.6 Å². The Hall–Kier alpha value is -2.74. The minimum atomic E-state index is -0.0573. The van der Waals surface area contributed by atoms with Crippen LogP contribution in [0.25, 0.3) is 17.0 Å². The lowest BCUT2D eigenvalue weighted by atomic mass is 10.2. The maximum Gasteiger partial charge on any atom is 0.240 e. The normalized spacial score (nSPS) is 12.6. The van der Waals surface area contributed by atoms with Crippen LogP contribution in [0.2, 0.25) is 0 Å². The molecular weight excluding hydrogens is 336 g/mol. The zero-order valence-electron chi connectivity index (χ0n) is 14.0. The van der Waals surface area contributed by atoms with Crippen molar-refractivity contribution in [3.63, 3.8) is 0 Å². The van der Waals surface area contributed by atoms with Crippen LogP contribution in [-0.4, -0.2) is 29.7 Å². The van der Waals surface area contributed by atoms with E-state index >= 15 is 0 Å². The number of hydrogen-bond donors (Lipinski definition) is 0. The van der Waals surface area contributed by atoms with Gasteiger partial charge in [0.2, 0.25) is 11.7 Å². The van der Waals surface area contributed by atoms with Gasteiger partial charge in [0.15, 0.2) is 10.8 Å². The Morgan fingerprint density at radius 2 is 1.88 bits per heavy atom. The van der Waals surface area contributed by atoms with Crippen molar-refractivity contribution in [2.45, 2.75) is 31.2 Å². The van der Waals surface area contributed by atoms with Crippen molar-refractivity contribution in [2.75, 3.05) is 0 Å². The molecule has 8 heteroatoms. The first-order valence-corrected chi connectivity index (χ1v) is 8.75. The molecule has 0 amide bonds. The van der Waals surface area contributed by atoms with Gasteiger partial charge in [-0.1, -0.05) is 47.3 Å². The van der Waals surface area contributed by atoms with Crippen molar-refractivity contribution < 1.29 is 4.52 Å². The predicted molar refractivity (Wildman–Crippen MR) is 94.3 cm³/mol. The van der Waals surface area contributed by atoms with Gasteiger partial charge < -0.3 is 4.52 Å². The highest BCUT2D eigenvalue weighted by Crippen LogP contribution is 2.34. The van der Waals surface area contributed by atoms with Crippen LogP contribution in [0.3, 0.4) is 0 Å². The highest BCUT2D eigenvalue weighted by Gasteiger charge is 2.20. The van der Waals surface area contributed by atoms with Gasteiger partial charge in [0.25, 0.3) is 0 Å². The molecule has 0 fully saturated rings. The third-order valence-corrected chi connectivity index (χ3v) is 4.79. The molecule has 0 aliphatic heterocycles. The Morgan fingerprint density at radius 1 is 1.08 bits per heavy atom. The topological polar surface area (TPSA) is 82.0 Å². The summed E-state index contributed by atoms with van der Waals surface area (Å²) < 4.78 is 7.37. The summed E-state index contributed by atoms with van der Waals surface area (Å²) in [6, 6.07) is 11.7. The summed E-state index contributed by atoms with van der Waals surface area (Å²) in [5, 5.41) is 13.3. The average molecular weight is 352 g/mol. The number of thioether (sulfide) groups is 1. The number of fused-ring (bicyclic) bond motifs is 1. The molecule has 0 radical (unpaired) electrons. The van der Waals surface area contributed by atoms with E-state index in [4.69, 9.17) is 4.52 Å². The van der Waals surface area contributed by atoms with E-state index < -0.39 is 0 Å². The number of benzene rings is 1. The fourth-order valence-corrected chi connectivity index (χ4v) is 3.52. The zero-order valence-corrected chi connectivity index (χ0v) is 14.9. The Morgan fingerprint density at radius 3 is 2.68 bits per heavy atom. The predicted octanol–water partition coefficient (Wildman–Crippen LogP) is 3.64. The fourth-order valence-electron chi connectivity index (χ4n) is 2.59. The van der Waals surface area contributed by atoms with Gasteiger partial charge in [-0.2, -0.15) is 4.98 Å². The van der Waals surface area contributed by atoms with Gasteiger partial charge >= 0.3 is 0 Å². The van der Waals surface area contributed by atoms with Crippen molar-refractivity contribution in [1.29, 1.82) is 0 Å². The molecule has 1 atom stereocenters. The smallest absolute Gasteiger partial charge is 0.240 e. The maximum absolute atomic E-state index is 5.44. The minimum Gasteiger partial charge on any atom is -0.338 e. The van der Waals surface area contributed by atoms with E-state index in [0.717, 1.165) is 27.9 Å². The lowest BCUT2D eigenvalue weighted by Gasteiger charge is -2.06. The third-order valence-electron chi connectivity index (χ3n) is 3.76. The number of hydrogen-bond acceptors (Lipinski definition) is 7. The van der Waals surface area contributed by atoms with Crippen LogP contribution < -0.4 is 0 Å². The van der Waals surface area contributed by atoms with Crippen molar-refractivity contribution >= 4 is 17.4 Å². The zero-order chi connectivity index (χ0) is 17.4. The van der Waals surface area contributed by atoms with Crippen molar-refractivity contribution in [1.82, 2.24) is 29.7 Å². The molecule has 0 N–H and O–H groups in total. The monoisotopic (exact) mass is 352 g/mol. The summed E-state index contributed by atoms with van der Waals surface area (Å²) in [6.45, 7) is 5.89. The molecule has 0 aliphatic carbocycles. The lowest BCUT2D eigenvalue weighted by Crippen LogP contribution is -2.00. The van der Waals surface area contributed by atoms with E-state index in [1.165, 1.54) is 11.8 Å². The number of aryl methyl sites for hydroxylation is 2. The fraction of sp³-hybridized carbons (Fsp3) is 0.235. The quantitative estimate of drug-likeness (QED) is 0.518. The molecule has 0 aliphatic rings. The van der Waals surface area contributed by atoms with Gasteiger partial charge in [-0.3, -0.25) is 4.40 Å². The SMILES string of the molecule is Cc1cc2nnc(S[C@H](C)c3nc(-c4ccccc4)no3)n2c(C)n1. The van der Waals surface area contributed by atoms with E-state index in [9.17, 15) is 0 Å². The number of rotatable bonds is 4. The molecular formula is C17H16N6OS. The Labute approximate surface area is 148 Å². The molecule has 0 spiro atoms. The first-order chi connectivity index (χ1) is 12.1. The molecule has 3 aromatic heterocycles. The Balaban J connectivity index is 1.61. The third kappa shape index (κ3) is 3.00. The molecule has 3 heterocycles. The molecule has 0 saturated carbocycles. The second-order valence-electron chi connectivity index (χ2n) is 5.70. The standard InChI is InChI=1S/C17H16N6OS/c1-10-9-14-20-21-17(23(14)12(3)18-10)25-11(2)16-19-15(22-24-16)13-7-5-4-6-8-13/h4-9,11H,1-3H3/t11-/m1/s1. The van der Waals surface area contributed by atoms with Crippen LogP contribution in [0.5, 0.6) is 0 Å². The van der Waals surface area contributed by atoms with E-state index in [1.54, 1.807) is 0 Å². The van der Waals surface area contributed by atoms with Crippen molar-refractivity contribution in [2.24, 2.45) is 0 Å². The lowest BCUT2D eigenvalue weighted by molar-refractivity contribution is 0.380. The van der Waals surface area contributed by atoms with Gasteiger partial charge in [0.05, 0.1) is 5.25 Å².